The second-order valence-electron chi connectivity index (χ2n) is 5.77. The summed E-state index contributed by atoms with van der Waals surface area (Å²) in [6.45, 7) is 6.48. The van der Waals surface area contributed by atoms with Crippen molar-refractivity contribution in [3.63, 3.8) is 0 Å². The van der Waals surface area contributed by atoms with E-state index in [4.69, 9.17) is 0 Å². The highest BCUT2D eigenvalue weighted by Crippen LogP contribution is 2.23. The highest BCUT2D eigenvalue weighted by Gasteiger charge is 2.14. The third-order valence-corrected chi connectivity index (χ3v) is 4.35. The second kappa shape index (κ2) is 5.96. The van der Waals surface area contributed by atoms with Gasteiger partial charge in [-0.1, -0.05) is 12.8 Å². The lowest BCUT2D eigenvalue weighted by Crippen LogP contribution is -2.25. The van der Waals surface area contributed by atoms with Crippen molar-refractivity contribution in [2.24, 2.45) is 0 Å². The maximum absolute atomic E-state index is 13.4. The molecule has 0 atom stereocenters. The Morgan fingerprint density at radius 3 is 2.50 bits per heavy atom. The van der Waals surface area contributed by atoms with Crippen LogP contribution in [0.5, 0.6) is 0 Å². The van der Waals surface area contributed by atoms with Crippen LogP contribution in [0.1, 0.15) is 38.3 Å². The summed E-state index contributed by atoms with van der Waals surface area (Å²) < 4.78 is 15.7. The molecule has 1 aliphatic heterocycles. The fourth-order valence-electron chi connectivity index (χ4n) is 3.33. The van der Waals surface area contributed by atoms with Crippen LogP contribution in [-0.2, 0) is 13.1 Å². The molecule has 2 aromatic rings. The van der Waals surface area contributed by atoms with Gasteiger partial charge >= 0.3 is 0 Å². The highest BCUT2D eigenvalue weighted by molar-refractivity contribution is 5.81. The van der Waals surface area contributed by atoms with E-state index in [1.54, 1.807) is 12.1 Å². The molecule has 2 heterocycles. The molecular formula is C17H23FN2. The number of fused-ring (bicyclic) bond motifs is 1. The van der Waals surface area contributed by atoms with Crippen molar-refractivity contribution >= 4 is 10.9 Å². The first-order valence-corrected chi connectivity index (χ1v) is 7.78. The monoisotopic (exact) mass is 274 g/mol. The Labute approximate surface area is 120 Å². The van der Waals surface area contributed by atoms with Gasteiger partial charge in [-0.15, -0.1) is 0 Å². The van der Waals surface area contributed by atoms with E-state index in [-0.39, 0.29) is 5.82 Å². The van der Waals surface area contributed by atoms with Gasteiger partial charge in [0.1, 0.15) is 5.82 Å². The zero-order valence-electron chi connectivity index (χ0n) is 12.2. The van der Waals surface area contributed by atoms with E-state index < -0.39 is 0 Å². The van der Waals surface area contributed by atoms with Crippen molar-refractivity contribution in [2.45, 2.75) is 45.7 Å². The van der Waals surface area contributed by atoms with Crippen molar-refractivity contribution in [3.8, 4) is 0 Å². The summed E-state index contributed by atoms with van der Waals surface area (Å²) in [5.41, 5.74) is 2.47. The zero-order chi connectivity index (χ0) is 13.9. The van der Waals surface area contributed by atoms with Crippen LogP contribution in [0, 0.1) is 5.82 Å². The predicted molar refractivity (Wildman–Crippen MR) is 81.3 cm³/mol. The molecule has 1 aromatic carbocycles. The average Bonchev–Trinajstić information content (AvgIpc) is 2.61. The molecular weight excluding hydrogens is 251 g/mol. The van der Waals surface area contributed by atoms with Gasteiger partial charge < -0.3 is 4.57 Å². The molecule has 0 saturated carbocycles. The van der Waals surface area contributed by atoms with Crippen LogP contribution in [0.2, 0.25) is 0 Å². The molecule has 3 heteroatoms. The first-order chi connectivity index (χ1) is 9.78. The Morgan fingerprint density at radius 2 is 1.80 bits per heavy atom. The lowest BCUT2D eigenvalue weighted by atomic mass is 10.2. The second-order valence-corrected chi connectivity index (χ2v) is 5.77. The molecule has 0 N–H and O–H groups in total. The molecule has 0 bridgehead atoms. The number of aromatic nitrogens is 1. The first kappa shape index (κ1) is 13.6. The molecule has 1 fully saturated rings. The summed E-state index contributed by atoms with van der Waals surface area (Å²) in [6, 6.07) is 7.27. The Balaban J connectivity index is 1.89. The molecule has 0 amide bonds. The number of aryl methyl sites for hydroxylation is 1. The highest BCUT2D eigenvalue weighted by atomic mass is 19.1. The van der Waals surface area contributed by atoms with Crippen molar-refractivity contribution in [3.05, 3.63) is 35.8 Å². The molecule has 20 heavy (non-hydrogen) atoms. The third kappa shape index (κ3) is 2.73. The van der Waals surface area contributed by atoms with Gasteiger partial charge in [-0.3, -0.25) is 4.90 Å². The smallest absolute Gasteiger partial charge is 0.123 e. The van der Waals surface area contributed by atoms with E-state index in [0.717, 1.165) is 24.0 Å². The topological polar surface area (TPSA) is 8.17 Å². The molecule has 2 nitrogen and oxygen atoms in total. The molecule has 1 aliphatic rings. The Morgan fingerprint density at radius 1 is 1.05 bits per heavy atom. The number of nitrogens with zero attached hydrogens (tertiary/aromatic N) is 2. The normalized spacial score (nSPS) is 17.5. The van der Waals surface area contributed by atoms with Gasteiger partial charge in [0.2, 0.25) is 0 Å². The fraction of sp³-hybridized carbons (Fsp3) is 0.529. The van der Waals surface area contributed by atoms with Crippen LogP contribution >= 0.6 is 0 Å². The minimum Gasteiger partial charge on any atom is -0.344 e. The van der Waals surface area contributed by atoms with Crippen LogP contribution in [0.15, 0.2) is 24.3 Å². The summed E-state index contributed by atoms with van der Waals surface area (Å²) in [6.07, 6.45) is 5.33. The number of hydrogen-bond donors (Lipinski definition) is 0. The maximum Gasteiger partial charge on any atom is 0.123 e. The van der Waals surface area contributed by atoms with Crippen LogP contribution in [0.4, 0.5) is 4.39 Å². The van der Waals surface area contributed by atoms with E-state index in [9.17, 15) is 4.39 Å². The van der Waals surface area contributed by atoms with Gasteiger partial charge in [-0.05, 0) is 57.1 Å². The summed E-state index contributed by atoms with van der Waals surface area (Å²) in [7, 11) is 0. The summed E-state index contributed by atoms with van der Waals surface area (Å²) in [5, 5.41) is 1.02. The molecule has 3 rings (SSSR count). The predicted octanol–water partition coefficient (Wildman–Crippen LogP) is 4.18. The number of benzene rings is 1. The largest absolute Gasteiger partial charge is 0.344 e. The lowest BCUT2D eigenvalue weighted by molar-refractivity contribution is 0.270. The maximum atomic E-state index is 13.4. The van der Waals surface area contributed by atoms with Crippen LogP contribution in [0.25, 0.3) is 10.9 Å². The van der Waals surface area contributed by atoms with Crippen molar-refractivity contribution in [2.75, 3.05) is 13.1 Å². The third-order valence-electron chi connectivity index (χ3n) is 4.35. The van der Waals surface area contributed by atoms with Crippen LogP contribution in [-0.4, -0.2) is 22.6 Å². The number of halogens is 1. The van der Waals surface area contributed by atoms with Gasteiger partial charge in [0, 0.05) is 29.7 Å². The van der Waals surface area contributed by atoms with Gasteiger partial charge in [0.25, 0.3) is 0 Å². The van der Waals surface area contributed by atoms with Crippen LogP contribution in [0.3, 0.4) is 0 Å². The average molecular weight is 274 g/mol. The molecule has 1 saturated heterocycles. The Bertz CT molecular complexity index is 580. The molecule has 0 aliphatic carbocycles. The number of hydrogen-bond acceptors (Lipinski definition) is 1. The lowest BCUT2D eigenvalue weighted by Gasteiger charge is -2.20. The van der Waals surface area contributed by atoms with E-state index in [1.807, 2.05) is 6.07 Å². The van der Waals surface area contributed by atoms with E-state index in [1.165, 1.54) is 44.5 Å². The number of likely N-dealkylation sites (tertiary alicyclic amines) is 1. The van der Waals surface area contributed by atoms with Gasteiger partial charge in [-0.25, -0.2) is 4.39 Å². The van der Waals surface area contributed by atoms with Crippen molar-refractivity contribution in [1.29, 1.82) is 0 Å². The summed E-state index contributed by atoms with van der Waals surface area (Å²) in [5.74, 6) is -0.146. The number of rotatable bonds is 3. The standard InChI is InChI=1S/C17H23FN2/c1-2-20-16(13-19-9-5-3-4-6-10-19)12-14-11-15(18)7-8-17(14)20/h7-8,11-12H,2-6,9-10,13H2,1H3. The van der Waals surface area contributed by atoms with Crippen molar-refractivity contribution in [1.82, 2.24) is 9.47 Å². The van der Waals surface area contributed by atoms with E-state index >= 15 is 0 Å². The van der Waals surface area contributed by atoms with Gasteiger partial charge in [0.05, 0.1) is 0 Å². The van der Waals surface area contributed by atoms with E-state index in [0.29, 0.717) is 0 Å². The van der Waals surface area contributed by atoms with Gasteiger partial charge in [0.15, 0.2) is 0 Å². The zero-order valence-corrected chi connectivity index (χ0v) is 12.2. The SMILES string of the molecule is CCn1c(CN2CCCCCC2)cc2cc(F)ccc21. The summed E-state index contributed by atoms with van der Waals surface area (Å²) >= 11 is 0. The summed E-state index contributed by atoms with van der Waals surface area (Å²) in [4.78, 5) is 2.55. The van der Waals surface area contributed by atoms with Gasteiger partial charge in [-0.2, -0.15) is 0 Å². The quantitative estimate of drug-likeness (QED) is 0.815. The van der Waals surface area contributed by atoms with Crippen LogP contribution < -0.4 is 0 Å². The molecule has 1 aromatic heterocycles. The molecule has 108 valence electrons. The fourth-order valence-corrected chi connectivity index (χ4v) is 3.33. The molecule has 0 unspecified atom stereocenters. The van der Waals surface area contributed by atoms with E-state index in [2.05, 4.69) is 22.5 Å². The molecule has 0 spiro atoms. The minimum absolute atomic E-state index is 0.146. The first-order valence-electron chi connectivity index (χ1n) is 7.78. The minimum atomic E-state index is -0.146. The van der Waals surface area contributed by atoms with Crippen molar-refractivity contribution < 1.29 is 4.39 Å². The Hall–Kier alpha value is -1.35. The molecule has 0 radical (unpaired) electrons. The Kier molecular flexibility index (Phi) is 4.06.